The maximum atomic E-state index is 11.9. The van der Waals surface area contributed by atoms with Crippen molar-refractivity contribution in [2.24, 2.45) is 0 Å². The van der Waals surface area contributed by atoms with Gasteiger partial charge in [-0.25, -0.2) is 4.79 Å². The lowest BCUT2D eigenvalue weighted by Gasteiger charge is -2.07. The van der Waals surface area contributed by atoms with Crippen molar-refractivity contribution in [1.82, 2.24) is 0 Å². The quantitative estimate of drug-likeness (QED) is 0.888. The average Bonchev–Trinajstić information content (AvgIpc) is 2.77. The summed E-state index contributed by atoms with van der Waals surface area (Å²) < 4.78 is 5.05. The van der Waals surface area contributed by atoms with Crippen LogP contribution in [0.15, 0.2) is 34.9 Å². The molecular formula is C14H13NO4. The van der Waals surface area contributed by atoms with Crippen LogP contribution in [0, 0.1) is 13.8 Å². The van der Waals surface area contributed by atoms with Crippen molar-refractivity contribution in [3.8, 4) is 0 Å². The smallest absolute Gasteiger partial charge is 0.336 e. The van der Waals surface area contributed by atoms with Crippen LogP contribution < -0.4 is 5.32 Å². The van der Waals surface area contributed by atoms with Gasteiger partial charge < -0.3 is 14.8 Å². The number of aromatic carboxylic acids is 1. The molecule has 0 atom stereocenters. The molecule has 98 valence electrons. The van der Waals surface area contributed by atoms with Crippen LogP contribution in [-0.4, -0.2) is 17.0 Å². The van der Waals surface area contributed by atoms with E-state index in [2.05, 4.69) is 5.32 Å². The largest absolute Gasteiger partial charge is 0.478 e. The fourth-order valence-corrected chi connectivity index (χ4v) is 1.75. The highest BCUT2D eigenvalue weighted by Gasteiger charge is 2.13. The Bertz CT molecular complexity index is 643. The molecule has 5 nitrogen and oxygen atoms in total. The molecule has 0 unspecified atom stereocenters. The minimum absolute atomic E-state index is 0.168. The van der Waals surface area contributed by atoms with Gasteiger partial charge in [-0.1, -0.05) is 6.07 Å². The first-order chi connectivity index (χ1) is 8.99. The van der Waals surface area contributed by atoms with Crippen LogP contribution in [0.2, 0.25) is 0 Å². The maximum Gasteiger partial charge on any atom is 0.336 e. The van der Waals surface area contributed by atoms with Gasteiger partial charge in [0.25, 0.3) is 5.91 Å². The number of carboxylic acids is 1. The van der Waals surface area contributed by atoms with Crippen molar-refractivity contribution in [3.05, 3.63) is 53.0 Å². The second-order valence-corrected chi connectivity index (χ2v) is 4.18. The summed E-state index contributed by atoms with van der Waals surface area (Å²) in [5.41, 5.74) is 1.68. The second kappa shape index (κ2) is 4.97. The highest BCUT2D eigenvalue weighted by atomic mass is 16.4. The van der Waals surface area contributed by atoms with E-state index < -0.39 is 5.97 Å². The lowest BCUT2D eigenvalue weighted by Crippen LogP contribution is -2.13. The summed E-state index contributed by atoms with van der Waals surface area (Å²) in [4.78, 5) is 23.0. The predicted octanol–water partition coefficient (Wildman–Crippen LogP) is 2.85. The van der Waals surface area contributed by atoms with E-state index >= 15 is 0 Å². The fraction of sp³-hybridized carbons (Fsp3) is 0.143. The first kappa shape index (κ1) is 12.9. The van der Waals surface area contributed by atoms with E-state index in [1.165, 1.54) is 12.3 Å². The van der Waals surface area contributed by atoms with Crippen LogP contribution in [0.1, 0.15) is 32.0 Å². The van der Waals surface area contributed by atoms with Crippen molar-refractivity contribution in [1.29, 1.82) is 0 Å². The molecule has 1 heterocycles. The number of hydrogen-bond donors (Lipinski definition) is 2. The van der Waals surface area contributed by atoms with Crippen molar-refractivity contribution >= 4 is 17.6 Å². The monoisotopic (exact) mass is 259 g/mol. The van der Waals surface area contributed by atoms with Crippen LogP contribution in [0.5, 0.6) is 0 Å². The van der Waals surface area contributed by atoms with Gasteiger partial charge in [0.1, 0.15) is 5.76 Å². The Labute approximate surface area is 109 Å². The van der Waals surface area contributed by atoms with Crippen LogP contribution in [0.3, 0.4) is 0 Å². The minimum atomic E-state index is -1.02. The Morgan fingerprint density at radius 3 is 2.47 bits per heavy atom. The number of carbonyl (C=O) groups is 2. The molecule has 5 heteroatoms. The number of aryl methyl sites for hydroxylation is 2. The summed E-state index contributed by atoms with van der Waals surface area (Å²) in [5.74, 6) is -0.831. The number of rotatable bonds is 3. The molecule has 0 saturated carbocycles. The highest BCUT2D eigenvalue weighted by Crippen LogP contribution is 2.17. The van der Waals surface area contributed by atoms with Gasteiger partial charge in [-0.3, -0.25) is 4.79 Å². The van der Waals surface area contributed by atoms with Gasteiger partial charge in [0, 0.05) is 5.69 Å². The third-order valence-electron chi connectivity index (χ3n) is 2.83. The molecule has 0 bridgehead atoms. The number of carboxylic acid groups (broad SMARTS) is 1. The Kier molecular flexibility index (Phi) is 3.37. The number of carbonyl (C=O) groups excluding carboxylic acids is 1. The van der Waals surface area contributed by atoms with Gasteiger partial charge in [0.05, 0.1) is 17.4 Å². The average molecular weight is 259 g/mol. The van der Waals surface area contributed by atoms with Gasteiger partial charge >= 0.3 is 5.97 Å². The lowest BCUT2D eigenvalue weighted by atomic mass is 10.1. The van der Waals surface area contributed by atoms with Gasteiger partial charge in [0.2, 0.25) is 0 Å². The number of furan rings is 1. The van der Waals surface area contributed by atoms with E-state index in [1.807, 2.05) is 0 Å². The summed E-state index contributed by atoms with van der Waals surface area (Å²) in [5, 5.41) is 11.7. The Morgan fingerprint density at radius 2 is 1.89 bits per heavy atom. The molecule has 2 N–H and O–H groups in total. The zero-order valence-corrected chi connectivity index (χ0v) is 10.6. The molecule has 0 aliphatic heterocycles. The van der Waals surface area contributed by atoms with Gasteiger partial charge in [0.15, 0.2) is 0 Å². The standard InChI is InChI=1S/C14H13NO4/c1-8-3-4-10(7-12(8)14(17)18)15-13(16)11-5-6-19-9(11)2/h3-7H,1-2H3,(H,15,16)(H,17,18). The lowest BCUT2D eigenvalue weighted by molar-refractivity contribution is 0.0695. The fourth-order valence-electron chi connectivity index (χ4n) is 1.75. The van der Waals surface area contributed by atoms with Crippen molar-refractivity contribution in [2.75, 3.05) is 5.32 Å². The number of nitrogens with one attached hydrogen (secondary N) is 1. The Balaban J connectivity index is 2.25. The first-order valence-corrected chi connectivity index (χ1v) is 5.68. The third kappa shape index (κ3) is 2.65. The van der Waals surface area contributed by atoms with Crippen molar-refractivity contribution in [3.63, 3.8) is 0 Å². The topological polar surface area (TPSA) is 79.5 Å². The SMILES string of the molecule is Cc1ccc(NC(=O)c2ccoc2C)cc1C(=O)O. The maximum absolute atomic E-state index is 11.9. The van der Waals surface area contributed by atoms with Crippen LogP contribution >= 0.6 is 0 Å². The second-order valence-electron chi connectivity index (χ2n) is 4.18. The Morgan fingerprint density at radius 1 is 1.16 bits per heavy atom. The zero-order valence-electron chi connectivity index (χ0n) is 10.6. The highest BCUT2D eigenvalue weighted by molar-refractivity contribution is 6.05. The predicted molar refractivity (Wildman–Crippen MR) is 69.5 cm³/mol. The Hall–Kier alpha value is -2.56. The van der Waals surface area contributed by atoms with Crippen LogP contribution in [0.4, 0.5) is 5.69 Å². The summed E-state index contributed by atoms with van der Waals surface area (Å²) in [6.07, 6.45) is 1.43. The number of amides is 1. The zero-order chi connectivity index (χ0) is 14.0. The molecule has 0 radical (unpaired) electrons. The molecule has 0 saturated heterocycles. The first-order valence-electron chi connectivity index (χ1n) is 5.68. The van der Waals surface area contributed by atoms with Gasteiger partial charge in [-0.15, -0.1) is 0 Å². The molecule has 0 spiro atoms. The molecule has 1 aromatic heterocycles. The van der Waals surface area contributed by atoms with E-state index in [9.17, 15) is 9.59 Å². The molecule has 0 fully saturated rings. The van der Waals surface area contributed by atoms with E-state index in [0.717, 1.165) is 0 Å². The summed E-state index contributed by atoms with van der Waals surface area (Å²) >= 11 is 0. The van der Waals surface area contributed by atoms with Crippen LogP contribution in [0.25, 0.3) is 0 Å². The number of hydrogen-bond acceptors (Lipinski definition) is 3. The van der Waals surface area contributed by atoms with Gasteiger partial charge in [-0.2, -0.15) is 0 Å². The van der Waals surface area contributed by atoms with Crippen molar-refractivity contribution < 1.29 is 19.1 Å². The minimum Gasteiger partial charge on any atom is -0.478 e. The van der Waals surface area contributed by atoms with Gasteiger partial charge in [-0.05, 0) is 37.6 Å². The van der Waals surface area contributed by atoms with E-state index in [1.54, 1.807) is 32.0 Å². The van der Waals surface area contributed by atoms with E-state index in [0.29, 0.717) is 22.6 Å². The van der Waals surface area contributed by atoms with Crippen LogP contribution in [-0.2, 0) is 0 Å². The van der Waals surface area contributed by atoms with Crippen molar-refractivity contribution in [2.45, 2.75) is 13.8 Å². The molecule has 2 aromatic rings. The molecular weight excluding hydrogens is 246 g/mol. The molecule has 0 aliphatic carbocycles. The third-order valence-corrected chi connectivity index (χ3v) is 2.83. The summed E-state index contributed by atoms with van der Waals surface area (Å²) in [7, 11) is 0. The summed E-state index contributed by atoms with van der Waals surface area (Å²) in [6.45, 7) is 3.39. The molecule has 1 aromatic carbocycles. The normalized spacial score (nSPS) is 10.2. The molecule has 2 rings (SSSR count). The van der Waals surface area contributed by atoms with E-state index in [4.69, 9.17) is 9.52 Å². The number of anilines is 1. The molecule has 19 heavy (non-hydrogen) atoms. The summed E-state index contributed by atoms with van der Waals surface area (Å²) in [6, 6.07) is 6.32. The molecule has 0 aliphatic rings. The van der Waals surface area contributed by atoms with E-state index in [-0.39, 0.29) is 11.5 Å². The molecule has 1 amide bonds. The number of benzene rings is 1.